The summed E-state index contributed by atoms with van der Waals surface area (Å²) < 4.78 is 32.9. The van der Waals surface area contributed by atoms with E-state index in [9.17, 15) is 23.2 Å². The summed E-state index contributed by atoms with van der Waals surface area (Å²) in [6, 6.07) is 6.88. The number of urea groups is 1. The van der Waals surface area contributed by atoms with Crippen LogP contribution in [0, 0.1) is 18.6 Å². The predicted molar refractivity (Wildman–Crippen MR) is 100 cm³/mol. The van der Waals surface area contributed by atoms with Gasteiger partial charge in [-0.2, -0.15) is 0 Å². The molecule has 4 amide bonds. The highest BCUT2D eigenvalue weighted by Gasteiger charge is 2.50. The lowest BCUT2D eigenvalue weighted by Crippen LogP contribution is -2.42. The Balaban J connectivity index is 1.81. The first-order chi connectivity index (χ1) is 13.7. The number of aryl methyl sites for hydroxylation is 1. The van der Waals surface area contributed by atoms with Gasteiger partial charge in [-0.15, -0.1) is 0 Å². The van der Waals surface area contributed by atoms with Gasteiger partial charge in [-0.1, -0.05) is 6.07 Å². The van der Waals surface area contributed by atoms with Crippen LogP contribution in [0.15, 0.2) is 36.4 Å². The van der Waals surface area contributed by atoms with Gasteiger partial charge in [-0.05, 0) is 49.7 Å². The van der Waals surface area contributed by atoms with Crippen molar-refractivity contribution in [1.82, 2.24) is 10.2 Å². The topological polar surface area (TPSA) is 87.7 Å². The quantitative estimate of drug-likeness (QED) is 0.752. The minimum absolute atomic E-state index is 0.320. The summed E-state index contributed by atoms with van der Waals surface area (Å²) in [5.41, 5.74) is -0.905. The zero-order chi connectivity index (χ0) is 21.3. The van der Waals surface area contributed by atoms with Crippen LogP contribution < -0.4 is 15.4 Å². The van der Waals surface area contributed by atoms with Crippen LogP contribution in [0.2, 0.25) is 0 Å². The lowest BCUT2D eigenvalue weighted by atomic mass is 9.91. The van der Waals surface area contributed by atoms with E-state index in [4.69, 9.17) is 4.74 Å². The van der Waals surface area contributed by atoms with Gasteiger partial charge in [0.2, 0.25) is 5.91 Å². The lowest BCUT2D eigenvalue weighted by Gasteiger charge is -2.22. The first-order valence-corrected chi connectivity index (χ1v) is 8.70. The van der Waals surface area contributed by atoms with Gasteiger partial charge >= 0.3 is 6.03 Å². The number of imide groups is 1. The van der Waals surface area contributed by atoms with Crippen molar-refractivity contribution in [3.05, 3.63) is 59.2 Å². The summed E-state index contributed by atoms with van der Waals surface area (Å²) in [5, 5.41) is 4.93. The van der Waals surface area contributed by atoms with Gasteiger partial charge in [0.25, 0.3) is 5.91 Å². The fourth-order valence-electron chi connectivity index (χ4n) is 3.16. The van der Waals surface area contributed by atoms with Crippen molar-refractivity contribution in [2.24, 2.45) is 0 Å². The second kappa shape index (κ2) is 7.50. The molecule has 0 aliphatic carbocycles. The van der Waals surface area contributed by atoms with Crippen LogP contribution in [0.3, 0.4) is 0 Å². The van der Waals surface area contributed by atoms with Gasteiger partial charge in [0.1, 0.15) is 29.5 Å². The van der Waals surface area contributed by atoms with E-state index >= 15 is 0 Å². The number of ether oxygens (including phenoxy) is 1. The standard InChI is InChI=1S/C20H19F2N3O4/c1-11-4-7-16(29-3)15(8-11)23-17(26)10-25-18(27)20(2,24-19(25)28)13-9-12(21)5-6-14(13)22/h4-9H,10H2,1-3H3,(H,23,26)(H,24,28)/t20-/m1/s1. The smallest absolute Gasteiger partial charge is 0.325 e. The van der Waals surface area contributed by atoms with Crippen LogP contribution in [-0.4, -0.2) is 36.4 Å². The molecule has 3 rings (SSSR count). The first-order valence-electron chi connectivity index (χ1n) is 8.70. The molecule has 0 saturated carbocycles. The Labute approximate surface area is 165 Å². The number of nitrogens with one attached hydrogen (secondary N) is 2. The molecule has 1 aliphatic heterocycles. The maximum atomic E-state index is 14.2. The van der Waals surface area contributed by atoms with Crippen LogP contribution in [0.4, 0.5) is 19.3 Å². The molecule has 0 unspecified atom stereocenters. The maximum Gasteiger partial charge on any atom is 0.325 e. The van der Waals surface area contributed by atoms with Crippen molar-refractivity contribution in [3.8, 4) is 5.75 Å². The van der Waals surface area contributed by atoms with Crippen molar-refractivity contribution < 1.29 is 27.9 Å². The van der Waals surface area contributed by atoms with Gasteiger partial charge in [0, 0.05) is 5.56 Å². The third-order valence-electron chi connectivity index (χ3n) is 4.67. The molecule has 1 fully saturated rings. The van der Waals surface area contributed by atoms with Gasteiger partial charge in [0.05, 0.1) is 12.8 Å². The average Bonchev–Trinajstić information content (AvgIpc) is 2.88. The van der Waals surface area contributed by atoms with Crippen molar-refractivity contribution >= 4 is 23.5 Å². The van der Waals surface area contributed by atoms with Crippen molar-refractivity contribution in [3.63, 3.8) is 0 Å². The largest absolute Gasteiger partial charge is 0.495 e. The number of carbonyl (C=O) groups is 3. The summed E-state index contributed by atoms with van der Waals surface area (Å²) in [7, 11) is 1.44. The van der Waals surface area contributed by atoms with E-state index in [0.29, 0.717) is 16.3 Å². The van der Waals surface area contributed by atoms with Crippen LogP contribution in [0.1, 0.15) is 18.1 Å². The Morgan fingerprint density at radius 2 is 1.93 bits per heavy atom. The molecule has 152 valence electrons. The molecule has 1 atom stereocenters. The number of hydrogen-bond donors (Lipinski definition) is 2. The van der Waals surface area contributed by atoms with Crippen LogP contribution in [0.25, 0.3) is 0 Å². The number of anilines is 1. The molecular formula is C20H19F2N3O4. The highest BCUT2D eigenvalue weighted by molar-refractivity contribution is 6.10. The minimum atomic E-state index is -1.83. The normalized spacial score (nSPS) is 18.6. The van der Waals surface area contributed by atoms with E-state index in [-0.39, 0.29) is 5.56 Å². The van der Waals surface area contributed by atoms with Gasteiger partial charge in [-0.3, -0.25) is 14.5 Å². The molecule has 1 saturated heterocycles. The highest BCUT2D eigenvalue weighted by atomic mass is 19.1. The molecule has 2 aromatic rings. The van der Waals surface area contributed by atoms with Crippen LogP contribution in [0.5, 0.6) is 5.75 Å². The Morgan fingerprint density at radius 1 is 1.21 bits per heavy atom. The fourth-order valence-corrected chi connectivity index (χ4v) is 3.16. The molecule has 0 radical (unpaired) electrons. The highest BCUT2D eigenvalue weighted by Crippen LogP contribution is 2.31. The van der Waals surface area contributed by atoms with Gasteiger partial charge < -0.3 is 15.4 Å². The molecule has 1 aliphatic rings. The Morgan fingerprint density at radius 3 is 2.62 bits per heavy atom. The molecule has 0 spiro atoms. The maximum absolute atomic E-state index is 14.2. The van der Waals surface area contributed by atoms with Crippen molar-refractivity contribution in [1.29, 1.82) is 0 Å². The third kappa shape index (κ3) is 3.75. The second-order valence-electron chi connectivity index (χ2n) is 6.82. The number of carbonyl (C=O) groups excluding carboxylic acids is 3. The minimum Gasteiger partial charge on any atom is -0.495 e. The van der Waals surface area contributed by atoms with E-state index in [1.165, 1.54) is 14.0 Å². The number of methoxy groups -OCH3 is 1. The molecule has 7 nitrogen and oxygen atoms in total. The molecule has 0 bridgehead atoms. The van der Waals surface area contributed by atoms with E-state index in [1.807, 2.05) is 6.92 Å². The van der Waals surface area contributed by atoms with Gasteiger partial charge in [0.15, 0.2) is 0 Å². The monoisotopic (exact) mass is 403 g/mol. The summed E-state index contributed by atoms with van der Waals surface area (Å²) >= 11 is 0. The van der Waals surface area contributed by atoms with Crippen LogP contribution >= 0.6 is 0 Å². The SMILES string of the molecule is COc1ccc(C)cc1NC(=O)CN1C(=O)N[C@](C)(c2cc(F)ccc2F)C1=O. The summed E-state index contributed by atoms with van der Waals surface area (Å²) in [5.74, 6) is -2.71. The number of hydrogen-bond acceptors (Lipinski definition) is 4. The van der Waals surface area contributed by atoms with E-state index in [0.717, 1.165) is 23.8 Å². The third-order valence-corrected chi connectivity index (χ3v) is 4.67. The van der Waals surface area contributed by atoms with Crippen molar-refractivity contribution in [2.45, 2.75) is 19.4 Å². The Bertz CT molecular complexity index is 1010. The fraction of sp³-hybridized carbons (Fsp3) is 0.250. The molecule has 29 heavy (non-hydrogen) atoms. The summed E-state index contributed by atoms with van der Waals surface area (Å²) in [6.45, 7) is 2.48. The Kier molecular flexibility index (Phi) is 5.23. The van der Waals surface area contributed by atoms with Crippen molar-refractivity contribution in [2.75, 3.05) is 19.0 Å². The number of benzene rings is 2. The first kappa shape index (κ1) is 20.2. The van der Waals surface area contributed by atoms with Gasteiger partial charge in [-0.25, -0.2) is 13.6 Å². The molecule has 0 aromatic heterocycles. The Hall–Kier alpha value is -3.49. The predicted octanol–water partition coefficient (Wildman–Crippen LogP) is 2.69. The number of halogens is 2. The number of nitrogens with zero attached hydrogens (tertiary/aromatic N) is 1. The average molecular weight is 403 g/mol. The molecule has 9 heteroatoms. The van der Waals surface area contributed by atoms with E-state index in [1.54, 1.807) is 18.2 Å². The molecule has 1 heterocycles. The summed E-state index contributed by atoms with van der Waals surface area (Å²) in [6.07, 6.45) is 0. The molecule has 2 aromatic carbocycles. The number of rotatable bonds is 5. The van der Waals surface area contributed by atoms with E-state index < -0.39 is 41.6 Å². The summed E-state index contributed by atoms with van der Waals surface area (Å²) in [4.78, 5) is 38.2. The zero-order valence-corrected chi connectivity index (χ0v) is 16.0. The number of amides is 4. The van der Waals surface area contributed by atoms with Crippen LogP contribution in [-0.2, 0) is 15.1 Å². The zero-order valence-electron chi connectivity index (χ0n) is 16.0. The second-order valence-corrected chi connectivity index (χ2v) is 6.82. The molecular weight excluding hydrogens is 384 g/mol. The molecule has 2 N–H and O–H groups in total. The lowest BCUT2D eigenvalue weighted by molar-refractivity contribution is -0.133. The van der Waals surface area contributed by atoms with E-state index in [2.05, 4.69) is 10.6 Å².